The molecule has 4 rings (SSSR count). The van der Waals surface area contributed by atoms with Crippen molar-refractivity contribution in [1.29, 1.82) is 0 Å². The van der Waals surface area contributed by atoms with Crippen molar-refractivity contribution in [3.05, 3.63) is 84.6 Å². The number of sulfonamides is 1. The molecule has 35 heavy (non-hydrogen) atoms. The predicted octanol–water partition coefficient (Wildman–Crippen LogP) is 2.66. The molecular formula is C26H28N4O4S. The molecule has 0 unspecified atom stereocenters. The average Bonchev–Trinajstić information content (AvgIpc) is 2.89. The summed E-state index contributed by atoms with van der Waals surface area (Å²) >= 11 is 0. The second-order valence-electron chi connectivity index (χ2n) is 8.45. The van der Waals surface area contributed by atoms with Gasteiger partial charge >= 0.3 is 0 Å². The van der Waals surface area contributed by atoms with E-state index in [1.807, 2.05) is 30.3 Å². The third-order valence-corrected chi connectivity index (χ3v) is 8.02. The summed E-state index contributed by atoms with van der Waals surface area (Å²) in [6.07, 6.45) is 4.69. The van der Waals surface area contributed by atoms with E-state index in [0.717, 1.165) is 16.5 Å². The Labute approximate surface area is 205 Å². The lowest BCUT2D eigenvalue weighted by atomic mass is 10.1. The lowest BCUT2D eigenvalue weighted by Gasteiger charge is -2.31. The van der Waals surface area contributed by atoms with Crippen molar-refractivity contribution in [3.8, 4) is 0 Å². The van der Waals surface area contributed by atoms with Gasteiger partial charge in [0.1, 0.15) is 0 Å². The van der Waals surface area contributed by atoms with Crippen LogP contribution in [0.1, 0.15) is 28.8 Å². The topological polar surface area (TPSA) is 108 Å². The Balaban J connectivity index is 1.30. The second-order valence-corrected chi connectivity index (χ2v) is 10.4. The van der Waals surface area contributed by atoms with Crippen LogP contribution in [-0.2, 0) is 21.2 Å². The summed E-state index contributed by atoms with van der Waals surface area (Å²) in [5.41, 5.74) is 2.39. The molecule has 1 aliphatic heterocycles. The van der Waals surface area contributed by atoms with Gasteiger partial charge in [0.25, 0.3) is 5.91 Å². The van der Waals surface area contributed by atoms with E-state index in [9.17, 15) is 18.0 Å². The molecule has 1 saturated heterocycles. The van der Waals surface area contributed by atoms with Gasteiger partial charge in [0.2, 0.25) is 15.9 Å². The molecule has 0 aliphatic carbocycles. The number of nitrogens with one attached hydrogen (secondary N) is 2. The number of carbonyl (C=O) groups excluding carboxylic acids is 2. The molecule has 0 bridgehead atoms. The Morgan fingerprint density at radius 1 is 1.09 bits per heavy atom. The molecule has 2 amide bonds. The van der Waals surface area contributed by atoms with Gasteiger partial charge < -0.3 is 10.6 Å². The molecule has 1 fully saturated rings. The van der Waals surface area contributed by atoms with Crippen LogP contribution in [0.3, 0.4) is 0 Å². The van der Waals surface area contributed by atoms with Crippen molar-refractivity contribution < 1.29 is 18.0 Å². The molecule has 2 heterocycles. The van der Waals surface area contributed by atoms with Crippen molar-refractivity contribution in [1.82, 2.24) is 19.9 Å². The zero-order chi connectivity index (χ0) is 24.8. The van der Waals surface area contributed by atoms with E-state index in [1.165, 1.54) is 34.6 Å². The lowest BCUT2D eigenvalue weighted by Crippen LogP contribution is -2.46. The molecule has 2 aromatic carbocycles. The normalized spacial score (nSPS) is 15.0. The Kier molecular flexibility index (Phi) is 7.57. The van der Waals surface area contributed by atoms with Gasteiger partial charge in [-0.25, -0.2) is 8.42 Å². The zero-order valence-corrected chi connectivity index (χ0v) is 20.1. The second kappa shape index (κ2) is 10.8. The van der Waals surface area contributed by atoms with Gasteiger partial charge in [0.05, 0.1) is 10.4 Å². The number of rotatable bonds is 8. The van der Waals surface area contributed by atoms with E-state index in [2.05, 4.69) is 22.2 Å². The number of aromatic nitrogens is 1. The molecule has 0 radical (unpaired) electrons. The number of pyridine rings is 1. The monoisotopic (exact) mass is 492 g/mol. The zero-order valence-electron chi connectivity index (χ0n) is 19.3. The Morgan fingerprint density at radius 3 is 2.54 bits per heavy atom. The lowest BCUT2D eigenvalue weighted by molar-refractivity contribution is -0.117. The van der Waals surface area contributed by atoms with E-state index in [4.69, 9.17) is 0 Å². The van der Waals surface area contributed by atoms with Gasteiger partial charge in [-0.1, -0.05) is 24.8 Å². The predicted molar refractivity (Wildman–Crippen MR) is 134 cm³/mol. The maximum Gasteiger partial charge on any atom is 0.251 e. The largest absolute Gasteiger partial charge is 0.352 e. The highest BCUT2D eigenvalue weighted by atomic mass is 32.2. The summed E-state index contributed by atoms with van der Waals surface area (Å²) < 4.78 is 27.4. The molecule has 3 aromatic rings. The third kappa shape index (κ3) is 5.93. The number of amides is 2. The highest BCUT2D eigenvalue weighted by Gasteiger charge is 2.29. The van der Waals surface area contributed by atoms with Gasteiger partial charge in [0, 0.05) is 42.8 Å². The number of carbonyl (C=O) groups is 2. The first-order valence-corrected chi connectivity index (χ1v) is 13.0. The molecule has 1 aromatic heterocycles. The maximum atomic E-state index is 13.0. The fourth-order valence-electron chi connectivity index (χ4n) is 4.12. The summed E-state index contributed by atoms with van der Waals surface area (Å²) in [4.78, 5) is 28.5. The highest BCUT2D eigenvalue weighted by Crippen LogP contribution is 2.21. The number of benzene rings is 2. The first kappa shape index (κ1) is 24.6. The first-order valence-electron chi connectivity index (χ1n) is 11.5. The van der Waals surface area contributed by atoms with Crippen molar-refractivity contribution in [2.75, 3.05) is 19.6 Å². The number of nitrogens with zero attached hydrogens (tertiary/aromatic N) is 2. The van der Waals surface area contributed by atoms with Crippen LogP contribution in [0.15, 0.2) is 78.3 Å². The minimum atomic E-state index is -3.67. The Morgan fingerprint density at radius 2 is 1.83 bits per heavy atom. The molecule has 8 nitrogen and oxygen atoms in total. The summed E-state index contributed by atoms with van der Waals surface area (Å²) in [5, 5.41) is 6.76. The van der Waals surface area contributed by atoms with Gasteiger partial charge in [-0.2, -0.15) is 4.31 Å². The Bertz CT molecular complexity index is 1330. The van der Waals surface area contributed by atoms with Crippen LogP contribution in [-0.4, -0.2) is 55.2 Å². The molecule has 2 N–H and O–H groups in total. The van der Waals surface area contributed by atoms with Crippen molar-refractivity contribution in [2.45, 2.75) is 30.2 Å². The molecular weight excluding hydrogens is 464 g/mol. The van der Waals surface area contributed by atoms with E-state index in [1.54, 1.807) is 6.20 Å². The minimum absolute atomic E-state index is 0.0658. The van der Waals surface area contributed by atoms with Gasteiger partial charge in [-0.15, -0.1) is 0 Å². The third-order valence-electron chi connectivity index (χ3n) is 6.11. The molecule has 9 heteroatoms. The van der Waals surface area contributed by atoms with E-state index in [0.29, 0.717) is 44.5 Å². The highest BCUT2D eigenvalue weighted by molar-refractivity contribution is 7.89. The number of fused-ring (bicyclic) bond motifs is 1. The van der Waals surface area contributed by atoms with Crippen molar-refractivity contribution >= 4 is 32.7 Å². The van der Waals surface area contributed by atoms with E-state index in [-0.39, 0.29) is 22.8 Å². The van der Waals surface area contributed by atoms with E-state index < -0.39 is 10.0 Å². The summed E-state index contributed by atoms with van der Waals surface area (Å²) in [6, 6.07) is 15.9. The quantitative estimate of drug-likeness (QED) is 0.470. The summed E-state index contributed by atoms with van der Waals surface area (Å²) in [6.45, 7) is 4.52. The van der Waals surface area contributed by atoms with Crippen LogP contribution >= 0.6 is 0 Å². The van der Waals surface area contributed by atoms with Crippen LogP contribution in [0.4, 0.5) is 0 Å². The van der Waals surface area contributed by atoms with Gasteiger partial charge in [0.15, 0.2) is 0 Å². The molecule has 182 valence electrons. The smallest absolute Gasteiger partial charge is 0.251 e. The van der Waals surface area contributed by atoms with Crippen molar-refractivity contribution in [3.63, 3.8) is 0 Å². The van der Waals surface area contributed by atoms with Crippen LogP contribution in [0, 0.1) is 0 Å². The first-order chi connectivity index (χ1) is 16.9. The van der Waals surface area contributed by atoms with Crippen LogP contribution in [0.2, 0.25) is 0 Å². The van der Waals surface area contributed by atoms with Crippen LogP contribution in [0.5, 0.6) is 0 Å². The maximum absolute atomic E-state index is 13.0. The number of piperidine rings is 1. The Hall–Kier alpha value is -3.56. The number of hydrogen-bond donors (Lipinski definition) is 2. The standard InChI is InChI=1S/C26H28N4O4S/c1-2-25(31)29-22-12-16-30(17-13-22)35(33,34)23-9-7-21(8-10-23)26(32)28-15-11-19-5-6-20-4-3-14-27-24(20)18-19/h2-10,14,18,22H,1,11-13,15-17H2,(H,28,32)(H,29,31). The molecule has 1 aliphatic rings. The van der Waals surface area contributed by atoms with E-state index >= 15 is 0 Å². The van der Waals surface area contributed by atoms with Crippen molar-refractivity contribution in [2.24, 2.45) is 0 Å². The van der Waals surface area contributed by atoms with Crippen LogP contribution < -0.4 is 10.6 Å². The SMILES string of the molecule is C=CC(=O)NC1CCN(S(=O)(=O)c2ccc(C(=O)NCCc3ccc4cccnc4c3)cc2)CC1. The summed E-state index contributed by atoms with van der Waals surface area (Å²) in [7, 11) is -3.67. The molecule has 0 spiro atoms. The average molecular weight is 493 g/mol. The fraction of sp³-hybridized carbons (Fsp3) is 0.269. The summed E-state index contributed by atoms with van der Waals surface area (Å²) in [5.74, 6) is -0.513. The van der Waals surface area contributed by atoms with Crippen LogP contribution in [0.25, 0.3) is 10.9 Å². The number of hydrogen-bond acceptors (Lipinski definition) is 5. The molecule has 0 saturated carbocycles. The molecule has 0 atom stereocenters. The fourth-order valence-corrected chi connectivity index (χ4v) is 5.59. The minimum Gasteiger partial charge on any atom is -0.352 e. The van der Waals surface area contributed by atoms with Gasteiger partial charge in [-0.05, 0) is 67.3 Å². The van der Waals surface area contributed by atoms with Gasteiger partial charge in [-0.3, -0.25) is 14.6 Å².